The molecule has 5 rings (SSSR count). The van der Waals surface area contributed by atoms with Gasteiger partial charge in [-0.1, -0.05) is 12.1 Å². The Morgan fingerprint density at radius 3 is 2.85 bits per heavy atom. The highest BCUT2D eigenvalue weighted by Crippen LogP contribution is 2.66. The van der Waals surface area contributed by atoms with E-state index in [2.05, 4.69) is 30.9 Å². The Hall–Kier alpha value is -2.13. The van der Waals surface area contributed by atoms with Gasteiger partial charge in [-0.2, -0.15) is 0 Å². The van der Waals surface area contributed by atoms with Crippen molar-refractivity contribution < 1.29 is 28.4 Å². The number of aliphatic hydroxyl groups is 1. The van der Waals surface area contributed by atoms with E-state index < -0.39 is 36.3 Å². The maximum absolute atomic E-state index is 13.2. The predicted molar refractivity (Wildman–Crippen MR) is 120 cm³/mol. The van der Waals surface area contributed by atoms with Gasteiger partial charge in [0.2, 0.25) is 0 Å². The van der Waals surface area contributed by atoms with E-state index in [4.69, 9.17) is 19.5 Å². The minimum Gasteiger partial charge on any atom is -0.386 e. The Kier molecular flexibility index (Phi) is 5.89. The Morgan fingerprint density at radius 2 is 2.12 bits per heavy atom. The van der Waals surface area contributed by atoms with Gasteiger partial charge in [0.25, 0.3) is 5.69 Å². The number of benzene rings is 1. The first-order valence-corrected chi connectivity index (χ1v) is 13.5. The molecule has 0 spiro atoms. The van der Waals surface area contributed by atoms with Crippen LogP contribution in [0.5, 0.6) is 0 Å². The Bertz CT molecular complexity index is 1280. The number of nitro groups is 1. The molecule has 1 aromatic carbocycles. The second-order valence-corrected chi connectivity index (χ2v) is 12.0. The highest BCUT2D eigenvalue weighted by molar-refractivity contribution is 9.10. The van der Waals surface area contributed by atoms with Crippen LogP contribution in [0, 0.1) is 10.1 Å². The van der Waals surface area contributed by atoms with Gasteiger partial charge >= 0.3 is 6.80 Å². The summed E-state index contributed by atoms with van der Waals surface area (Å²) >= 11 is 4.27. The number of anilines is 1. The van der Waals surface area contributed by atoms with E-state index >= 15 is 0 Å². The van der Waals surface area contributed by atoms with Crippen molar-refractivity contribution in [2.45, 2.75) is 30.3 Å². The van der Waals surface area contributed by atoms with E-state index in [9.17, 15) is 19.8 Å². The van der Waals surface area contributed by atoms with Gasteiger partial charge in [0.15, 0.2) is 27.9 Å². The molecule has 2 unspecified atom stereocenters. The lowest BCUT2D eigenvalue weighted by atomic mass is 10.1. The molecule has 16 heteroatoms. The minimum absolute atomic E-state index is 0.0362. The van der Waals surface area contributed by atoms with Crippen LogP contribution in [0.2, 0.25) is 0 Å². The highest BCUT2D eigenvalue weighted by Gasteiger charge is 2.53. The van der Waals surface area contributed by atoms with E-state index in [1.807, 2.05) is 0 Å². The average Bonchev–Trinajstić information content (AvgIpc) is 3.29. The van der Waals surface area contributed by atoms with Crippen molar-refractivity contribution in [1.82, 2.24) is 19.5 Å². The predicted octanol–water partition coefficient (Wildman–Crippen LogP) is 2.79. The molecule has 2 aliphatic rings. The molecule has 0 radical (unpaired) electrons. The number of hydrogen-bond donors (Lipinski definition) is 2. The topological polar surface area (TPSA) is 178 Å². The third-order valence-electron chi connectivity index (χ3n) is 5.21. The molecular weight excluding hydrogens is 543 g/mol. The molecule has 0 aliphatic carbocycles. The summed E-state index contributed by atoms with van der Waals surface area (Å²) in [6.45, 7) is -3.68. The van der Waals surface area contributed by atoms with Gasteiger partial charge in [0, 0.05) is 17.9 Å². The monoisotopic (exact) mass is 558 g/mol. The summed E-state index contributed by atoms with van der Waals surface area (Å²) in [6.07, 6.45) is -2.45. The number of ether oxygens (including phenoxy) is 1. The average molecular weight is 559 g/mol. The van der Waals surface area contributed by atoms with Gasteiger partial charge in [-0.05, 0) is 32.9 Å². The summed E-state index contributed by atoms with van der Waals surface area (Å²) in [6, 6.07) is 5.88. The van der Waals surface area contributed by atoms with Crippen LogP contribution in [-0.2, 0) is 24.1 Å². The molecule has 3 aromatic rings. The van der Waals surface area contributed by atoms with Crippen LogP contribution in [0.1, 0.15) is 11.8 Å². The van der Waals surface area contributed by atoms with Crippen LogP contribution in [0.4, 0.5) is 11.5 Å². The number of non-ortho nitro benzene ring substituents is 1. The first kappa shape index (κ1) is 22.7. The van der Waals surface area contributed by atoms with Gasteiger partial charge < -0.3 is 15.6 Å². The summed E-state index contributed by atoms with van der Waals surface area (Å²) in [7, 11) is 0. The maximum atomic E-state index is 13.2. The van der Waals surface area contributed by atoms with Crippen molar-refractivity contribution in [3.8, 4) is 0 Å². The second-order valence-electron chi connectivity index (χ2n) is 7.25. The number of nitrogen functional groups attached to an aromatic ring is 1. The number of halogens is 1. The Balaban J connectivity index is 1.32. The largest absolute Gasteiger partial charge is 0.389 e. The standard InChI is InChI=1S/C17H16BrN6O7PS/c18-17-22-11-14(19)20-7-21-15(11)23(17)16-12(25)13-10(30-16)5-29-32(28,31-13)33-6-8-1-3-9(4-2-8)24(26)27/h1-4,7,10,12-13,16,25H,5-6H2,(H2,19,20,21)/t10?,12-,13-,16?,32+/m0/s1. The molecule has 0 bridgehead atoms. The van der Waals surface area contributed by atoms with Crippen molar-refractivity contribution >= 4 is 56.8 Å². The normalized spacial score (nSPS) is 29.3. The molecule has 0 amide bonds. The van der Waals surface area contributed by atoms with Crippen molar-refractivity contribution in [3.63, 3.8) is 0 Å². The van der Waals surface area contributed by atoms with E-state index in [-0.39, 0.29) is 23.9 Å². The molecule has 2 fully saturated rings. The fourth-order valence-electron chi connectivity index (χ4n) is 3.60. The molecule has 3 N–H and O–H groups in total. The molecule has 4 heterocycles. The van der Waals surface area contributed by atoms with Crippen LogP contribution in [0.3, 0.4) is 0 Å². The number of fused-ring (bicyclic) bond motifs is 2. The number of imidazole rings is 1. The number of aromatic nitrogens is 4. The molecule has 174 valence electrons. The number of nitrogens with two attached hydrogens (primary N) is 1. The van der Waals surface area contributed by atoms with Crippen LogP contribution in [0.15, 0.2) is 35.3 Å². The van der Waals surface area contributed by atoms with Gasteiger partial charge in [-0.15, -0.1) is 0 Å². The number of rotatable bonds is 5. The SMILES string of the molecule is Nc1ncnc2c1nc(Br)n2C1OC2CO[P@@](=O)(SCc3ccc([N+](=O)[O-])cc3)O[C@@H]2[C@@H]1O. The van der Waals surface area contributed by atoms with E-state index in [0.717, 1.165) is 11.4 Å². The van der Waals surface area contributed by atoms with Gasteiger partial charge in [0.1, 0.15) is 24.6 Å². The lowest BCUT2D eigenvalue weighted by Crippen LogP contribution is -2.38. The van der Waals surface area contributed by atoms with Crippen LogP contribution < -0.4 is 5.73 Å². The first-order chi connectivity index (χ1) is 15.8. The van der Waals surface area contributed by atoms with Gasteiger partial charge in [-0.25, -0.2) is 19.5 Å². The molecule has 33 heavy (non-hydrogen) atoms. The third kappa shape index (κ3) is 4.14. The highest BCUT2D eigenvalue weighted by atomic mass is 79.9. The van der Waals surface area contributed by atoms with Gasteiger partial charge in [0.05, 0.1) is 11.5 Å². The van der Waals surface area contributed by atoms with E-state index in [1.54, 1.807) is 12.1 Å². The number of aliphatic hydroxyl groups excluding tert-OH is 1. The lowest BCUT2D eigenvalue weighted by Gasteiger charge is -2.31. The lowest BCUT2D eigenvalue weighted by molar-refractivity contribution is -0.384. The molecule has 2 aliphatic heterocycles. The second kappa shape index (κ2) is 8.58. The van der Waals surface area contributed by atoms with Crippen LogP contribution in [-0.4, -0.2) is 54.5 Å². The van der Waals surface area contributed by atoms with Crippen molar-refractivity contribution in [2.24, 2.45) is 0 Å². The smallest absolute Gasteiger partial charge is 0.386 e. The zero-order valence-electron chi connectivity index (χ0n) is 16.6. The van der Waals surface area contributed by atoms with Crippen molar-refractivity contribution in [1.29, 1.82) is 0 Å². The minimum atomic E-state index is -3.63. The molecule has 13 nitrogen and oxygen atoms in total. The fourth-order valence-corrected chi connectivity index (χ4v) is 7.54. The van der Waals surface area contributed by atoms with E-state index in [1.165, 1.54) is 23.0 Å². The van der Waals surface area contributed by atoms with Gasteiger partial charge in [-0.3, -0.25) is 23.7 Å². The molecule has 2 saturated heterocycles. The molecular formula is C17H16BrN6O7PS. The quantitative estimate of drug-likeness (QED) is 0.203. The zero-order valence-corrected chi connectivity index (χ0v) is 19.9. The van der Waals surface area contributed by atoms with Crippen LogP contribution >= 0.6 is 34.1 Å². The van der Waals surface area contributed by atoms with Crippen molar-refractivity contribution in [2.75, 3.05) is 12.3 Å². The zero-order chi connectivity index (χ0) is 23.3. The number of nitro benzene ring substituents is 1. The number of nitrogens with zero attached hydrogens (tertiary/aromatic N) is 5. The van der Waals surface area contributed by atoms with Crippen molar-refractivity contribution in [3.05, 3.63) is 51.0 Å². The molecule has 0 saturated carbocycles. The summed E-state index contributed by atoms with van der Waals surface area (Å²) in [5.74, 6) is 0.414. The first-order valence-electron chi connectivity index (χ1n) is 9.54. The summed E-state index contributed by atoms with van der Waals surface area (Å²) in [5, 5.41) is 21.8. The Morgan fingerprint density at radius 1 is 1.36 bits per heavy atom. The number of hydrogen-bond acceptors (Lipinski definition) is 12. The van der Waals surface area contributed by atoms with E-state index in [0.29, 0.717) is 21.5 Å². The summed E-state index contributed by atoms with van der Waals surface area (Å²) < 4.78 is 32.1. The fraction of sp³-hybridized carbons (Fsp3) is 0.353. The molecule has 5 atom stereocenters. The summed E-state index contributed by atoms with van der Waals surface area (Å²) in [5.41, 5.74) is 7.23. The third-order valence-corrected chi connectivity index (χ3v) is 9.43. The summed E-state index contributed by atoms with van der Waals surface area (Å²) in [4.78, 5) is 22.7. The maximum Gasteiger partial charge on any atom is 0.389 e. The Labute approximate surface area is 198 Å². The van der Waals surface area contributed by atoms with Crippen LogP contribution in [0.25, 0.3) is 11.2 Å². The molecule has 2 aromatic heterocycles.